The van der Waals surface area contributed by atoms with Crippen LogP contribution in [0.4, 0.5) is 0 Å². The summed E-state index contributed by atoms with van der Waals surface area (Å²) >= 11 is 1.31. The van der Waals surface area contributed by atoms with Crippen LogP contribution in [0.25, 0.3) is 15.9 Å². The van der Waals surface area contributed by atoms with Crippen molar-refractivity contribution in [3.63, 3.8) is 0 Å². The Morgan fingerprint density at radius 3 is 2.51 bits per heavy atom. The highest BCUT2D eigenvalue weighted by atomic mass is 32.1. The minimum atomic E-state index is -0.353. The average Bonchev–Trinajstić information content (AvgIpc) is 3.51. The van der Waals surface area contributed by atoms with Gasteiger partial charge in [0, 0.05) is 36.1 Å². The van der Waals surface area contributed by atoms with Gasteiger partial charge in [0.1, 0.15) is 9.71 Å². The molecule has 3 heterocycles. The molecule has 10 heteroatoms. The summed E-state index contributed by atoms with van der Waals surface area (Å²) in [6.07, 6.45) is 5.29. The van der Waals surface area contributed by atoms with Crippen LogP contribution >= 0.6 is 11.3 Å². The van der Waals surface area contributed by atoms with Crippen molar-refractivity contribution in [3.05, 3.63) is 64.4 Å². The number of methoxy groups -OCH3 is 4. The zero-order valence-corrected chi connectivity index (χ0v) is 20.9. The van der Waals surface area contributed by atoms with E-state index in [1.165, 1.54) is 31.8 Å². The summed E-state index contributed by atoms with van der Waals surface area (Å²) in [6, 6.07) is 9.31. The number of hydrogen-bond acceptors (Lipinski definition) is 8. The van der Waals surface area contributed by atoms with Crippen LogP contribution in [-0.2, 0) is 11.3 Å². The number of aromatic nitrogens is 2. The fraction of sp³-hybridized carbons (Fsp3) is 0.240. The van der Waals surface area contributed by atoms with Gasteiger partial charge in [-0.2, -0.15) is 5.10 Å². The van der Waals surface area contributed by atoms with E-state index in [1.54, 1.807) is 26.4 Å². The molecule has 0 bridgehead atoms. The maximum Gasteiger partial charge on any atom is 0.283 e. The Balaban J connectivity index is 1.72. The van der Waals surface area contributed by atoms with E-state index in [4.69, 9.17) is 18.9 Å². The van der Waals surface area contributed by atoms with E-state index in [1.807, 2.05) is 42.1 Å². The second-order valence-electron chi connectivity index (χ2n) is 7.53. The Morgan fingerprint density at radius 2 is 1.86 bits per heavy atom. The van der Waals surface area contributed by atoms with Crippen LogP contribution in [-0.4, -0.2) is 50.1 Å². The fourth-order valence-corrected chi connectivity index (χ4v) is 5.04. The molecule has 0 saturated heterocycles. The number of nitrogens with zero attached hydrogens (tertiary/aromatic N) is 3. The number of aryl methyl sites for hydroxylation is 1. The topological polar surface area (TPSA) is 96.2 Å². The number of thiophene rings is 1. The number of benzene rings is 1. The zero-order chi connectivity index (χ0) is 24.9. The molecule has 182 valence electrons. The van der Waals surface area contributed by atoms with E-state index in [2.05, 4.69) is 15.5 Å². The van der Waals surface area contributed by atoms with Crippen molar-refractivity contribution in [1.82, 2.24) is 15.0 Å². The molecule has 0 unspecified atom stereocenters. The SMILES string of the molecule is COCc1cc(C)nc2sc(C(=O)N/N=C/c3ccc(OC)c(OC)c3OC)c(-n3cccc3)c12. The first-order valence-electron chi connectivity index (χ1n) is 10.7. The van der Waals surface area contributed by atoms with Gasteiger partial charge in [0.15, 0.2) is 11.5 Å². The summed E-state index contributed by atoms with van der Waals surface area (Å²) in [7, 11) is 6.25. The van der Waals surface area contributed by atoms with Gasteiger partial charge in [0.25, 0.3) is 5.91 Å². The van der Waals surface area contributed by atoms with Crippen LogP contribution in [0.2, 0.25) is 0 Å². The lowest BCUT2D eigenvalue weighted by Gasteiger charge is -2.13. The number of amides is 1. The lowest BCUT2D eigenvalue weighted by atomic mass is 10.1. The standard InChI is InChI=1S/C25H26N4O5S/c1-15-12-17(14-31-2)19-20(29-10-6-7-11-29)23(35-25(19)27-15)24(30)28-26-13-16-8-9-18(32-3)22(34-5)21(16)33-4/h6-13H,14H2,1-5H3,(H,28,30)/b26-13+. The van der Waals surface area contributed by atoms with E-state index in [0.29, 0.717) is 34.3 Å². The van der Waals surface area contributed by atoms with Crippen LogP contribution in [0.3, 0.4) is 0 Å². The van der Waals surface area contributed by atoms with Gasteiger partial charge in [0.2, 0.25) is 5.75 Å². The molecule has 3 aromatic heterocycles. The van der Waals surface area contributed by atoms with Crippen molar-refractivity contribution in [2.24, 2.45) is 5.10 Å². The van der Waals surface area contributed by atoms with E-state index >= 15 is 0 Å². The zero-order valence-electron chi connectivity index (χ0n) is 20.1. The monoisotopic (exact) mass is 494 g/mol. The normalized spacial score (nSPS) is 11.2. The number of hydrazone groups is 1. The molecule has 0 saturated carbocycles. The van der Waals surface area contributed by atoms with E-state index < -0.39 is 0 Å². The maximum atomic E-state index is 13.3. The number of carbonyl (C=O) groups is 1. The number of fused-ring (bicyclic) bond motifs is 1. The first-order valence-corrected chi connectivity index (χ1v) is 11.5. The quantitative estimate of drug-likeness (QED) is 0.275. The van der Waals surface area contributed by atoms with Gasteiger partial charge >= 0.3 is 0 Å². The van der Waals surface area contributed by atoms with Crippen LogP contribution in [0.15, 0.2) is 47.8 Å². The lowest BCUT2D eigenvalue weighted by Crippen LogP contribution is -2.18. The number of pyridine rings is 1. The first kappa shape index (κ1) is 24.2. The number of hydrogen-bond donors (Lipinski definition) is 1. The molecule has 0 aliphatic rings. The van der Waals surface area contributed by atoms with E-state index in [9.17, 15) is 4.79 Å². The van der Waals surface area contributed by atoms with Crippen LogP contribution < -0.4 is 19.6 Å². The van der Waals surface area contributed by atoms with Crippen molar-refractivity contribution in [2.45, 2.75) is 13.5 Å². The second-order valence-corrected chi connectivity index (χ2v) is 8.53. The Labute approximate surface area is 206 Å². The molecule has 1 amide bonds. The molecule has 0 radical (unpaired) electrons. The second kappa shape index (κ2) is 10.6. The van der Waals surface area contributed by atoms with Crippen molar-refractivity contribution < 1.29 is 23.7 Å². The molecule has 35 heavy (non-hydrogen) atoms. The van der Waals surface area contributed by atoms with Gasteiger partial charge in [0.05, 0.1) is 39.8 Å². The minimum Gasteiger partial charge on any atom is -0.493 e. The number of nitrogens with one attached hydrogen (secondary N) is 1. The van der Waals surface area contributed by atoms with Gasteiger partial charge in [-0.25, -0.2) is 10.4 Å². The predicted molar refractivity (Wildman–Crippen MR) is 136 cm³/mol. The first-order chi connectivity index (χ1) is 17.0. The molecule has 1 aromatic carbocycles. The molecule has 0 atom stereocenters. The van der Waals surface area contributed by atoms with Gasteiger partial charge in [-0.3, -0.25) is 4.79 Å². The van der Waals surface area contributed by atoms with Crippen molar-refractivity contribution >= 4 is 33.7 Å². The summed E-state index contributed by atoms with van der Waals surface area (Å²) in [4.78, 5) is 19.2. The van der Waals surface area contributed by atoms with Crippen molar-refractivity contribution in [1.29, 1.82) is 0 Å². The number of rotatable bonds is 9. The third kappa shape index (κ3) is 4.71. The van der Waals surface area contributed by atoms with E-state index in [-0.39, 0.29) is 5.91 Å². The molecular weight excluding hydrogens is 468 g/mol. The highest BCUT2D eigenvalue weighted by Crippen LogP contribution is 2.39. The van der Waals surface area contributed by atoms with Gasteiger partial charge in [-0.1, -0.05) is 0 Å². The predicted octanol–water partition coefficient (Wildman–Crippen LogP) is 4.33. The Kier molecular flexibility index (Phi) is 7.33. The molecular formula is C25H26N4O5S. The number of ether oxygens (including phenoxy) is 4. The molecule has 4 rings (SSSR count). The lowest BCUT2D eigenvalue weighted by molar-refractivity contribution is 0.0959. The highest BCUT2D eigenvalue weighted by molar-refractivity contribution is 7.21. The van der Waals surface area contributed by atoms with E-state index in [0.717, 1.165) is 27.2 Å². The fourth-order valence-electron chi connectivity index (χ4n) is 3.89. The van der Waals surface area contributed by atoms with Crippen molar-refractivity contribution in [3.8, 4) is 22.9 Å². The van der Waals surface area contributed by atoms with Crippen LogP contribution in [0.5, 0.6) is 17.2 Å². The van der Waals surface area contributed by atoms with Crippen molar-refractivity contribution in [2.75, 3.05) is 28.4 Å². The van der Waals surface area contributed by atoms with Crippen LogP contribution in [0, 0.1) is 6.92 Å². The van der Waals surface area contributed by atoms with Crippen LogP contribution in [0.1, 0.15) is 26.5 Å². The Morgan fingerprint density at radius 1 is 1.11 bits per heavy atom. The maximum absolute atomic E-state index is 13.3. The molecule has 0 aliphatic heterocycles. The Hall–Kier alpha value is -3.89. The third-order valence-corrected chi connectivity index (χ3v) is 6.39. The summed E-state index contributed by atoms with van der Waals surface area (Å²) in [6.45, 7) is 2.33. The smallest absolute Gasteiger partial charge is 0.283 e. The van der Waals surface area contributed by atoms with Gasteiger partial charge in [-0.05, 0) is 42.8 Å². The molecule has 4 aromatic rings. The minimum absolute atomic E-state index is 0.353. The third-order valence-electron chi connectivity index (χ3n) is 5.32. The number of carbonyl (C=O) groups excluding carboxylic acids is 1. The molecule has 0 fully saturated rings. The van der Waals surface area contributed by atoms with Gasteiger partial charge < -0.3 is 23.5 Å². The molecule has 1 N–H and O–H groups in total. The Bertz CT molecular complexity index is 1380. The highest BCUT2D eigenvalue weighted by Gasteiger charge is 2.23. The molecule has 0 spiro atoms. The average molecular weight is 495 g/mol. The summed E-state index contributed by atoms with van der Waals surface area (Å²) in [5.74, 6) is 1.07. The van der Waals surface area contributed by atoms with Gasteiger partial charge in [-0.15, -0.1) is 11.3 Å². The summed E-state index contributed by atoms with van der Waals surface area (Å²) < 4.78 is 23.5. The largest absolute Gasteiger partial charge is 0.493 e. The summed E-state index contributed by atoms with van der Waals surface area (Å²) in [5.41, 5.74) is 5.82. The summed E-state index contributed by atoms with van der Waals surface area (Å²) in [5, 5.41) is 5.06. The molecule has 9 nitrogen and oxygen atoms in total. The molecule has 0 aliphatic carbocycles.